The molecule has 2 aliphatic rings. The van der Waals surface area contributed by atoms with E-state index in [1.807, 2.05) is 0 Å². The van der Waals surface area contributed by atoms with Gasteiger partial charge in [-0.15, -0.1) is 0 Å². The quantitative estimate of drug-likeness (QED) is 0.790. The van der Waals surface area contributed by atoms with Gasteiger partial charge >= 0.3 is 0 Å². The molecule has 2 saturated carbocycles. The van der Waals surface area contributed by atoms with Crippen molar-refractivity contribution in [2.75, 3.05) is 6.54 Å². The van der Waals surface area contributed by atoms with Crippen molar-refractivity contribution in [2.24, 2.45) is 17.3 Å². The zero-order valence-corrected chi connectivity index (χ0v) is 11.7. The molecule has 0 aliphatic heterocycles. The monoisotopic (exact) mass is 239 g/mol. The predicted molar refractivity (Wildman–Crippen MR) is 71.9 cm³/mol. The molecule has 2 rings (SSSR count). The Morgan fingerprint density at radius 3 is 2.12 bits per heavy atom. The van der Waals surface area contributed by atoms with Crippen molar-refractivity contribution in [3.8, 4) is 0 Å². The molecule has 100 valence electrons. The molecule has 0 aromatic heterocycles. The molecule has 1 atom stereocenters. The molecule has 0 heterocycles. The highest BCUT2D eigenvalue weighted by Gasteiger charge is 2.32. The molecule has 0 spiro atoms. The smallest absolute Gasteiger partial charge is 0.0692 e. The molecule has 0 aromatic rings. The maximum absolute atomic E-state index is 9.84. The summed E-state index contributed by atoms with van der Waals surface area (Å²) in [7, 11) is 0. The third kappa shape index (κ3) is 3.96. The van der Waals surface area contributed by atoms with Crippen molar-refractivity contribution in [1.82, 2.24) is 5.32 Å². The third-order valence-electron chi connectivity index (χ3n) is 4.73. The fraction of sp³-hybridized carbons (Fsp3) is 1.00. The number of hydrogen-bond acceptors (Lipinski definition) is 2. The van der Waals surface area contributed by atoms with Gasteiger partial charge in [0.25, 0.3) is 0 Å². The van der Waals surface area contributed by atoms with Gasteiger partial charge in [0, 0.05) is 12.6 Å². The predicted octanol–water partition coefficient (Wildman–Crippen LogP) is 2.95. The molecule has 2 aliphatic carbocycles. The fourth-order valence-electron chi connectivity index (χ4n) is 3.10. The van der Waals surface area contributed by atoms with Crippen LogP contribution in [-0.2, 0) is 0 Å². The lowest BCUT2D eigenvalue weighted by Gasteiger charge is -2.37. The van der Waals surface area contributed by atoms with E-state index in [1.54, 1.807) is 0 Å². The van der Waals surface area contributed by atoms with Gasteiger partial charge < -0.3 is 10.4 Å². The highest BCUT2D eigenvalue weighted by Crippen LogP contribution is 2.38. The van der Waals surface area contributed by atoms with Crippen LogP contribution in [0.3, 0.4) is 0 Å². The zero-order valence-electron chi connectivity index (χ0n) is 11.7. The van der Waals surface area contributed by atoms with Crippen molar-refractivity contribution in [3.63, 3.8) is 0 Å². The molecule has 1 unspecified atom stereocenters. The largest absolute Gasteiger partial charge is 0.392 e. The van der Waals surface area contributed by atoms with Crippen LogP contribution in [0.4, 0.5) is 0 Å². The minimum atomic E-state index is -0.0876. The molecule has 2 fully saturated rings. The highest BCUT2D eigenvalue weighted by molar-refractivity contribution is 4.86. The average Bonchev–Trinajstić information content (AvgIpc) is 3.09. The average molecular weight is 239 g/mol. The van der Waals surface area contributed by atoms with Crippen molar-refractivity contribution in [2.45, 2.75) is 71.4 Å². The van der Waals surface area contributed by atoms with Crippen molar-refractivity contribution in [3.05, 3.63) is 0 Å². The van der Waals surface area contributed by atoms with Gasteiger partial charge in [0.1, 0.15) is 0 Å². The summed E-state index contributed by atoms with van der Waals surface area (Å²) < 4.78 is 0. The van der Waals surface area contributed by atoms with E-state index >= 15 is 0 Å². The Morgan fingerprint density at radius 2 is 1.65 bits per heavy atom. The van der Waals surface area contributed by atoms with E-state index in [-0.39, 0.29) is 6.10 Å². The second-order valence-electron chi connectivity index (χ2n) is 7.23. The maximum Gasteiger partial charge on any atom is 0.0692 e. The van der Waals surface area contributed by atoms with E-state index in [9.17, 15) is 5.11 Å². The molecule has 0 aromatic carbocycles. The minimum Gasteiger partial charge on any atom is -0.392 e. The number of rotatable bonds is 4. The summed E-state index contributed by atoms with van der Waals surface area (Å²) in [5, 5.41) is 13.4. The molecule has 0 amide bonds. The minimum absolute atomic E-state index is 0.0876. The SMILES string of the molecule is CC(C)(C)C1CCC(NCC(O)C2CC2)CC1. The van der Waals surface area contributed by atoms with Gasteiger partial charge in [-0.1, -0.05) is 20.8 Å². The standard InChI is InChI=1S/C15H29NO/c1-15(2,3)12-6-8-13(9-7-12)16-10-14(17)11-4-5-11/h11-14,16-17H,4-10H2,1-3H3. The number of nitrogens with one attached hydrogen (secondary N) is 1. The zero-order chi connectivity index (χ0) is 12.5. The van der Waals surface area contributed by atoms with Crippen LogP contribution in [0.25, 0.3) is 0 Å². The first-order valence-electron chi connectivity index (χ1n) is 7.38. The van der Waals surface area contributed by atoms with E-state index in [0.717, 1.165) is 12.5 Å². The van der Waals surface area contributed by atoms with Gasteiger partial charge in [-0.3, -0.25) is 0 Å². The summed E-state index contributed by atoms with van der Waals surface area (Å²) in [6, 6.07) is 0.655. The van der Waals surface area contributed by atoms with Crippen LogP contribution >= 0.6 is 0 Å². The number of aliphatic hydroxyl groups excluding tert-OH is 1. The molecular weight excluding hydrogens is 210 g/mol. The first-order chi connectivity index (χ1) is 7.97. The Bertz CT molecular complexity index is 234. The Kier molecular flexibility index (Phi) is 4.14. The second-order valence-corrected chi connectivity index (χ2v) is 7.23. The van der Waals surface area contributed by atoms with Gasteiger partial charge in [-0.2, -0.15) is 0 Å². The topological polar surface area (TPSA) is 32.3 Å². The maximum atomic E-state index is 9.84. The molecule has 0 saturated heterocycles. The normalized spacial score (nSPS) is 32.5. The summed E-state index contributed by atoms with van der Waals surface area (Å²) in [4.78, 5) is 0. The van der Waals surface area contributed by atoms with E-state index in [0.29, 0.717) is 17.4 Å². The van der Waals surface area contributed by atoms with Crippen molar-refractivity contribution >= 4 is 0 Å². The molecular formula is C15H29NO. The lowest BCUT2D eigenvalue weighted by atomic mass is 9.71. The van der Waals surface area contributed by atoms with Crippen LogP contribution in [0.2, 0.25) is 0 Å². The molecule has 0 bridgehead atoms. The van der Waals surface area contributed by atoms with Crippen LogP contribution in [0, 0.1) is 17.3 Å². The fourth-order valence-corrected chi connectivity index (χ4v) is 3.10. The van der Waals surface area contributed by atoms with Crippen LogP contribution in [0.5, 0.6) is 0 Å². The molecule has 2 N–H and O–H groups in total. The first kappa shape index (κ1) is 13.4. The van der Waals surface area contributed by atoms with E-state index in [2.05, 4.69) is 26.1 Å². The Balaban J connectivity index is 1.65. The number of hydrogen-bond donors (Lipinski definition) is 2. The van der Waals surface area contributed by atoms with Crippen LogP contribution < -0.4 is 5.32 Å². The Labute approximate surface area is 106 Å². The number of aliphatic hydroxyl groups is 1. The summed E-state index contributed by atoms with van der Waals surface area (Å²) in [6.07, 6.45) is 7.66. The first-order valence-corrected chi connectivity index (χ1v) is 7.38. The van der Waals surface area contributed by atoms with Gasteiger partial charge in [0.2, 0.25) is 0 Å². The van der Waals surface area contributed by atoms with Crippen LogP contribution in [0.15, 0.2) is 0 Å². The van der Waals surface area contributed by atoms with Gasteiger partial charge in [-0.25, -0.2) is 0 Å². The Hall–Kier alpha value is -0.0800. The lowest BCUT2D eigenvalue weighted by Crippen LogP contribution is -2.40. The van der Waals surface area contributed by atoms with Gasteiger partial charge in [0.15, 0.2) is 0 Å². The second kappa shape index (κ2) is 5.27. The Morgan fingerprint density at radius 1 is 1.06 bits per heavy atom. The van der Waals surface area contributed by atoms with Gasteiger partial charge in [0.05, 0.1) is 6.10 Å². The summed E-state index contributed by atoms with van der Waals surface area (Å²) in [5.74, 6) is 1.49. The highest BCUT2D eigenvalue weighted by atomic mass is 16.3. The van der Waals surface area contributed by atoms with Crippen LogP contribution in [0.1, 0.15) is 59.3 Å². The van der Waals surface area contributed by atoms with E-state index in [1.165, 1.54) is 38.5 Å². The van der Waals surface area contributed by atoms with E-state index < -0.39 is 0 Å². The molecule has 0 radical (unpaired) electrons. The summed E-state index contributed by atoms with van der Waals surface area (Å²) in [5.41, 5.74) is 0.471. The van der Waals surface area contributed by atoms with Gasteiger partial charge in [-0.05, 0) is 55.8 Å². The van der Waals surface area contributed by atoms with E-state index in [4.69, 9.17) is 0 Å². The van der Waals surface area contributed by atoms with Crippen molar-refractivity contribution < 1.29 is 5.11 Å². The molecule has 2 nitrogen and oxygen atoms in total. The van der Waals surface area contributed by atoms with Crippen LogP contribution in [-0.4, -0.2) is 23.8 Å². The molecule has 17 heavy (non-hydrogen) atoms. The molecule has 2 heteroatoms. The summed E-state index contributed by atoms with van der Waals surface area (Å²) >= 11 is 0. The third-order valence-corrected chi connectivity index (χ3v) is 4.73. The lowest BCUT2D eigenvalue weighted by molar-refractivity contribution is 0.126. The summed E-state index contributed by atoms with van der Waals surface area (Å²) in [6.45, 7) is 7.91. The van der Waals surface area contributed by atoms with Crippen molar-refractivity contribution in [1.29, 1.82) is 0 Å².